The first-order valence-corrected chi connectivity index (χ1v) is 9.97. The Labute approximate surface area is 163 Å². The SMILES string of the molecule is Cc1nn(C)c2nc(C3CC3)cc(C(=O)Nc3ccc(N4CCCC4)nc3)c12. The third-order valence-electron chi connectivity index (χ3n) is 5.66. The van der Waals surface area contributed by atoms with Crippen molar-refractivity contribution in [3.63, 3.8) is 0 Å². The molecule has 28 heavy (non-hydrogen) atoms. The molecule has 7 nitrogen and oxygen atoms in total. The van der Waals surface area contributed by atoms with E-state index in [0.717, 1.165) is 54.2 Å². The average Bonchev–Trinajstić information content (AvgIpc) is 3.33. The molecule has 1 saturated heterocycles. The number of anilines is 2. The minimum atomic E-state index is -0.138. The van der Waals surface area contributed by atoms with Gasteiger partial charge in [-0.3, -0.25) is 9.48 Å². The van der Waals surface area contributed by atoms with Crippen LogP contribution in [0.3, 0.4) is 0 Å². The second-order valence-corrected chi connectivity index (χ2v) is 7.83. The van der Waals surface area contributed by atoms with Crippen molar-refractivity contribution in [1.29, 1.82) is 0 Å². The Hall–Kier alpha value is -2.96. The van der Waals surface area contributed by atoms with Crippen molar-refractivity contribution >= 4 is 28.4 Å². The van der Waals surface area contributed by atoms with Gasteiger partial charge in [-0.15, -0.1) is 0 Å². The van der Waals surface area contributed by atoms with Crippen LogP contribution in [0.1, 0.15) is 53.3 Å². The van der Waals surface area contributed by atoms with Gasteiger partial charge in [-0.2, -0.15) is 5.10 Å². The molecule has 1 saturated carbocycles. The van der Waals surface area contributed by atoms with Crippen molar-refractivity contribution in [2.75, 3.05) is 23.3 Å². The lowest BCUT2D eigenvalue weighted by molar-refractivity contribution is 0.102. The number of nitrogens with one attached hydrogen (secondary N) is 1. The van der Waals surface area contributed by atoms with E-state index in [0.29, 0.717) is 17.2 Å². The van der Waals surface area contributed by atoms with E-state index in [2.05, 4.69) is 20.3 Å². The monoisotopic (exact) mass is 376 g/mol. The van der Waals surface area contributed by atoms with Gasteiger partial charge in [0.15, 0.2) is 5.65 Å². The summed E-state index contributed by atoms with van der Waals surface area (Å²) in [6.45, 7) is 4.03. The summed E-state index contributed by atoms with van der Waals surface area (Å²) in [6, 6.07) is 5.85. The first kappa shape index (κ1) is 17.2. The fourth-order valence-corrected chi connectivity index (χ4v) is 4.02. The van der Waals surface area contributed by atoms with Crippen LogP contribution in [0.25, 0.3) is 11.0 Å². The third-order valence-corrected chi connectivity index (χ3v) is 5.66. The van der Waals surface area contributed by atoms with Crippen LogP contribution in [-0.2, 0) is 7.05 Å². The van der Waals surface area contributed by atoms with Crippen LogP contribution in [0, 0.1) is 6.92 Å². The highest BCUT2D eigenvalue weighted by Gasteiger charge is 2.28. The van der Waals surface area contributed by atoms with Crippen molar-refractivity contribution in [2.24, 2.45) is 7.05 Å². The van der Waals surface area contributed by atoms with Crippen molar-refractivity contribution in [1.82, 2.24) is 19.7 Å². The van der Waals surface area contributed by atoms with Crippen LogP contribution in [0.4, 0.5) is 11.5 Å². The van der Waals surface area contributed by atoms with E-state index < -0.39 is 0 Å². The van der Waals surface area contributed by atoms with E-state index in [4.69, 9.17) is 4.98 Å². The number of pyridine rings is 2. The first-order valence-electron chi connectivity index (χ1n) is 9.97. The predicted octanol–water partition coefficient (Wildman–Crippen LogP) is 3.40. The lowest BCUT2D eigenvalue weighted by Crippen LogP contribution is -2.19. The molecule has 5 rings (SSSR count). The normalized spacial score (nSPS) is 16.7. The second kappa shape index (κ2) is 6.58. The number of carbonyl (C=O) groups is 1. The Morgan fingerprint density at radius 1 is 1.21 bits per heavy atom. The van der Waals surface area contributed by atoms with Gasteiger partial charge in [-0.05, 0) is 50.8 Å². The molecule has 1 aliphatic heterocycles. The molecule has 2 fully saturated rings. The largest absolute Gasteiger partial charge is 0.357 e. The molecule has 0 aromatic carbocycles. The summed E-state index contributed by atoms with van der Waals surface area (Å²) in [5.74, 6) is 1.30. The Morgan fingerprint density at radius 3 is 2.68 bits per heavy atom. The minimum Gasteiger partial charge on any atom is -0.357 e. The predicted molar refractivity (Wildman–Crippen MR) is 109 cm³/mol. The molecular weight excluding hydrogens is 352 g/mol. The van der Waals surface area contributed by atoms with Crippen LogP contribution in [-0.4, -0.2) is 38.7 Å². The number of carbonyl (C=O) groups excluding carboxylic acids is 1. The molecule has 3 aromatic heterocycles. The lowest BCUT2D eigenvalue weighted by atomic mass is 10.1. The van der Waals surface area contributed by atoms with Gasteiger partial charge in [-0.1, -0.05) is 0 Å². The van der Waals surface area contributed by atoms with Crippen molar-refractivity contribution in [3.8, 4) is 0 Å². The van der Waals surface area contributed by atoms with Crippen LogP contribution in [0.2, 0.25) is 0 Å². The third kappa shape index (κ3) is 3.00. The average molecular weight is 376 g/mol. The van der Waals surface area contributed by atoms with E-state index in [9.17, 15) is 4.79 Å². The van der Waals surface area contributed by atoms with Crippen LogP contribution < -0.4 is 10.2 Å². The molecule has 0 spiro atoms. The Balaban J connectivity index is 1.45. The number of amides is 1. The molecule has 7 heteroatoms. The number of hydrogen-bond acceptors (Lipinski definition) is 5. The fraction of sp³-hybridized carbons (Fsp3) is 0.429. The summed E-state index contributed by atoms with van der Waals surface area (Å²) in [4.78, 5) is 24.7. The molecule has 2 aliphatic rings. The highest BCUT2D eigenvalue weighted by atomic mass is 16.1. The number of rotatable bonds is 4. The maximum atomic E-state index is 13.1. The smallest absolute Gasteiger partial charge is 0.256 e. The Morgan fingerprint density at radius 2 is 2.00 bits per heavy atom. The van der Waals surface area contributed by atoms with Gasteiger partial charge in [0.2, 0.25) is 0 Å². The topological polar surface area (TPSA) is 75.9 Å². The molecule has 0 atom stereocenters. The summed E-state index contributed by atoms with van der Waals surface area (Å²) in [6.07, 6.45) is 6.44. The van der Waals surface area contributed by atoms with Gasteiger partial charge in [0, 0.05) is 31.7 Å². The molecule has 1 amide bonds. The first-order chi connectivity index (χ1) is 13.6. The molecule has 0 unspecified atom stereocenters. The number of fused-ring (bicyclic) bond motifs is 1. The molecule has 1 aliphatic carbocycles. The zero-order valence-corrected chi connectivity index (χ0v) is 16.3. The van der Waals surface area contributed by atoms with Crippen LogP contribution >= 0.6 is 0 Å². The lowest BCUT2D eigenvalue weighted by Gasteiger charge is -2.16. The van der Waals surface area contributed by atoms with Crippen molar-refractivity contribution in [3.05, 3.63) is 41.3 Å². The summed E-state index contributed by atoms with van der Waals surface area (Å²) in [5, 5.41) is 8.30. The zero-order chi connectivity index (χ0) is 19.3. The van der Waals surface area contributed by atoms with Gasteiger partial charge in [0.05, 0.1) is 28.5 Å². The molecule has 1 N–H and O–H groups in total. The molecule has 4 heterocycles. The highest BCUT2D eigenvalue weighted by molar-refractivity contribution is 6.12. The van der Waals surface area contributed by atoms with Crippen LogP contribution in [0.15, 0.2) is 24.4 Å². The Bertz CT molecular complexity index is 1040. The Kier molecular flexibility index (Phi) is 4.03. The van der Waals surface area contributed by atoms with Gasteiger partial charge >= 0.3 is 0 Å². The maximum Gasteiger partial charge on any atom is 0.256 e. The minimum absolute atomic E-state index is 0.138. The number of hydrogen-bond donors (Lipinski definition) is 1. The molecule has 144 valence electrons. The second-order valence-electron chi connectivity index (χ2n) is 7.83. The van der Waals surface area contributed by atoms with Crippen molar-refractivity contribution in [2.45, 2.75) is 38.5 Å². The van der Waals surface area contributed by atoms with E-state index in [-0.39, 0.29) is 5.91 Å². The van der Waals surface area contributed by atoms with E-state index in [1.54, 1.807) is 10.9 Å². The molecular formula is C21H24N6O. The summed E-state index contributed by atoms with van der Waals surface area (Å²) in [7, 11) is 1.88. The van der Waals surface area contributed by atoms with Crippen LogP contribution in [0.5, 0.6) is 0 Å². The number of aryl methyl sites for hydroxylation is 2. The van der Waals surface area contributed by atoms with E-state index in [1.807, 2.05) is 32.2 Å². The van der Waals surface area contributed by atoms with Crippen molar-refractivity contribution < 1.29 is 4.79 Å². The van der Waals surface area contributed by atoms with E-state index in [1.165, 1.54) is 12.8 Å². The standard InChI is InChI=1S/C21H24N6O/c1-13-19-16(11-17(14-5-6-14)24-20(19)26(2)25-13)21(28)23-15-7-8-18(22-12-15)27-9-3-4-10-27/h7-8,11-12,14H,3-6,9-10H2,1-2H3,(H,23,28). The summed E-state index contributed by atoms with van der Waals surface area (Å²) >= 11 is 0. The fourth-order valence-electron chi connectivity index (χ4n) is 4.02. The van der Waals surface area contributed by atoms with Gasteiger partial charge in [-0.25, -0.2) is 9.97 Å². The molecule has 0 bridgehead atoms. The quantitative estimate of drug-likeness (QED) is 0.755. The van der Waals surface area contributed by atoms with E-state index >= 15 is 0 Å². The maximum absolute atomic E-state index is 13.1. The van der Waals surface area contributed by atoms with Gasteiger partial charge in [0.25, 0.3) is 5.91 Å². The molecule has 0 radical (unpaired) electrons. The van der Waals surface area contributed by atoms with Gasteiger partial charge in [0.1, 0.15) is 5.82 Å². The number of nitrogens with zero attached hydrogens (tertiary/aromatic N) is 5. The summed E-state index contributed by atoms with van der Waals surface area (Å²) in [5.41, 5.74) is 3.92. The zero-order valence-electron chi connectivity index (χ0n) is 16.3. The highest BCUT2D eigenvalue weighted by Crippen LogP contribution is 2.40. The molecule has 3 aromatic rings. The van der Waals surface area contributed by atoms with Gasteiger partial charge < -0.3 is 10.2 Å². The summed E-state index contributed by atoms with van der Waals surface area (Å²) < 4.78 is 1.76. The number of aromatic nitrogens is 4.